The first-order valence-electron chi connectivity index (χ1n) is 3.28. The van der Waals surface area contributed by atoms with E-state index in [0.29, 0.717) is 0 Å². The zero-order chi connectivity index (χ0) is 9.61. The lowest BCUT2D eigenvalue weighted by Gasteiger charge is -1.93. The number of hydrogen-bond donors (Lipinski definition) is 3. The Balaban J connectivity index is 0.000000217. The molecule has 1 aliphatic heterocycles. The molecule has 0 radical (unpaired) electrons. The van der Waals surface area contributed by atoms with Crippen molar-refractivity contribution < 1.29 is 28.8 Å². The first-order valence-corrected chi connectivity index (χ1v) is 4.85. The summed E-state index contributed by atoms with van der Waals surface area (Å²) in [4.78, 5) is 31.4. The first kappa shape index (κ1) is 11.7. The summed E-state index contributed by atoms with van der Waals surface area (Å²) in [5, 5.41) is 0. The molecule has 6 nitrogen and oxygen atoms in total. The Hall–Kier alpha value is -0.260. The molecule has 1 aliphatic rings. The third-order valence-electron chi connectivity index (χ3n) is 1.12. The Bertz CT molecular complexity index is 161. The van der Waals surface area contributed by atoms with E-state index in [0.717, 1.165) is 25.7 Å². The van der Waals surface area contributed by atoms with Crippen molar-refractivity contribution in [2.75, 3.05) is 6.61 Å². The summed E-state index contributed by atoms with van der Waals surface area (Å²) < 4.78 is 13.8. The second kappa shape index (κ2) is 5.40. The van der Waals surface area contributed by atoms with Crippen molar-refractivity contribution in [2.45, 2.75) is 18.9 Å². The van der Waals surface area contributed by atoms with Crippen molar-refractivity contribution in [1.82, 2.24) is 0 Å². The molecule has 0 amide bonds. The number of aldehydes is 1. The third-order valence-corrected chi connectivity index (χ3v) is 1.12. The van der Waals surface area contributed by atoms with E-state index >= 15 is 0 Å². The molecule has 0 aromatic rings. The molecule has 0 aromatic heterocycles. The summed E-state index contributed by atoms with van der Waals surface area (Å²) in [5.74, 6) is 0. The van der Waals surface area contributed by atoms with Gasteiger partial charge < -0.3 is 24.2 Å². The zero-order valence-corrected chi connectivity index (χ0v) is 7.18. The smallest absolute Gasteiger partial charge is 0.371 e. The Kier molecular flexibility index (Phi) is 5.28. The van der Waals surface area contributed by atoms with Crippen LogP contribution < -0.4 is 0 Å². The Morgan fingerprint density at radius 2 is 1.92 bits per heavy atom. The van der Waals surface area contributed by atoms with Gasteiger partial charge >= 0.3 is 7.82 Å². The van der Waals surface area contributed by atoms with Gasteiger partial charge in [-0.1, -0.05) is 0 Å². The first-order chi connectivity index (χ1) is 5.43. The minimum absolute atomic E-state index is 0.0833. The van der Waals surface area contributed by atoms with Crippen molar-refractivity contribution in [1.29, 1.82) is 0 Å². The third kappa shape index (κ3) is 9.74. The number of carbonyl (C=O) groups excluding carboxylic acids is 1. The van der Waals surface area contributed by atoms with Crippen molar-refractivity contribution in [2.24, 2.45) is 0 Å². The predicted molar refractivity (Wildman–Crippen MR) is 39.3 cm³/mol. The summed E-state index contributed by atoms with van der Waals surface area (Å²) in [7, 11) is -4.64. The van der Waals surface area contributed by atoms with Crippen LogP contribution in [0.5, 0.6) is 0 Å². The fourth-order valence-corrected chi connectivity index (χ4v) is 0.710. The van der Waals surface area contributed by atoms with E-state index in [4.69, 9.17) is 24.0 Å². The zero-order valence-electron chi connectivity index (χ0n) is 6.29. The number of ether oxygens (including phenoxy) is 1. The number of hydrogen-bond acceptors (Lipinski definition) is 3. The molecular weight excluding hydrogens is 187 g/mol. The minimum atomic E-state index is -4.64. The van der Waals surface area contributed by atoms with Crippen LogP contribution in [0, 0.1) is 0 Å². The maximum Gasteiger partial charge on any atom is 0.466 e. The van der Waals surface area contributed by atoms with E-state index in [2.05, 4.69) is 0 Å². The molecule has 0 aromatic carbocycles. The van der Waals surface area contributed by atoms with Gasteiger partial charge in [0.2, 0.25) is 0 Å². The molecule has 0 aliphatic carbocycles. The topological polar surface area (TPSA) is 104 Å². The predicted octanol–water partition coefficient (Wildman–Crippen LogP) is -0.564. The van der Waals surface area contributed by atoms with E-state index in [1.165, 1.54) is 0 Å². The number of carbonyl (C=O) groups is 1. The average molecular weight is 198 g/mol. The van der Waals surface area contributed by atoms with Gasteiger partial charge in [-0.05, 0) is 12.8 Å². The van der Waals surface area contributed by atoms with Crippen LogP contribution in [-0.2, 0) is 14.1 Å². The lowest BCUT2D eigenvalue weighted by Crippen LogP contribution is -2.04. The van der Waals surface area contributed by atoms with Crippen LogP contribution in [0.15, 0.2) is 0 Å². The molecule has 1 heterocycles. The Morgan fingerprint density at radius 3 is 2.08 bits per heavy atom. The summed E-state index contributed by atoms with van der Waals surface area (Å²) in [6, 6.07) is 0. The summed E-state index contributed by atoms with van der Waals surface area (Å²) >= 11 is 0. The van der Waals surface area contributed by atoms with E-state index in [-0.39, 0.29) is 6.10 Å². The second-order valence-corrected chi connectivity index (χ2v) is 3.23. The number of rotatable bonds is 1. The van der Waals surface area contributed by atoms with Crippen LogP contribution in [0.2, 0.25) is 0 Å². The van der Waals surface area contributed by atoms with Crippen molar-refractivity contribution >= 4 is 14.1 Å². The molecule has 0 bridgehead atoms. The maximum atomic E-state index is 9.88. The molecule has 1 rings (SSSR count). The van der Waals surface area contributed by atoms with Crippen LogP contribution in [0.25, 0.3) is 0 Å². The molecule has 3 N–H and O–H groups in total. The van der Waals surface area contributed by atoms with Gasteiger partial charge in [-0.15, -0.1) is 0 Å². The highest BCUT2D eigenvalue weighted by molar-refractivity contribution is 7.45. The van der Waals surface area contributed by atoms with Crippen molar-refractivity contribution in [3.63, 3.8) is 0 Å². The van der Waals surface area contributed by atoms with E-state index in [1.54, 1.807) is 0 Å². The highest BCUT2D eigenvalue weighted by Gasteiger charge is 2.12. The van der Waals surface area contributed by atoms with Crippen LogP contribution in [-0.4, -0.2) is 33.7 Å². The minimum Gasteiger partial charge on any atom is -0.371 e. The number of phosphoric acid groups is 1. The fraction of sp³-hybridized carbons (Fsp3) is 0.800. The van der Waals surface area contributed by atoms with Gasteiger partial charge in [-0.2, -0.15) is 0 Å². The lowest BCUT2D eigenvalue weighted by atomic mass is 10.3. The Morgan fingerprint density at radius 1 is 1.42 bits per heavy atom. The molecule has 12 heavy (non-hydrogen) atoms. The molecule has 1 unspecified atom stereocenters. The molecule has 1 saturated heterocycles. The van der Waals surface area contributed by atoms with Crippen LogP contribution >= 0.6 is 7.82 Å². The van der Waals surface area contributed by atoms with Crippen molar-refractivity contribution in [3.05, 3.63) is 0 Å². The van der Waals surface area contributed by atoms with Gasteiger partial charge in [0.05, 0.1) is 0 Å². The van der Waals surface area contributed by atoms with Crippen molar-refractivity contribution in [3.8, 4) is 0 Å². The van der Waals surface area contributed by atoms with Gasteiger partial charge in [0, 0.05) is 6.61 Å². The standard InChI is InChI=1S/C5H8O2.H3O4P/c6-4-5-2-1-3-7-5;1-5(2,3)4/h4-5H,1-3H2;(H3,1,2,3,4). The molecule has 1 atom stereocenters. The summed E-state index contributed by atoms with van der Waals surface area (Å²) in [5.41, 5.74) is 0. The van der Waals surface area contributed by atoms with Crippen LogP contribution in [0.4, 0.5) is 0 Å². The molecule has 0 spiro atoms. The summed E-state index contributed by atoms with van der Waals surface area (Å²) in [6.45, 7) is 0.767. The molecule has 7 heteroatoms. The fourth-order valence-electron chi connectivity index (χ4n) is 0.710. The largest absolute Gasteiger partial charge is 0.466 e. The van der Waals surface area contributed by atoms with Crippen LogP contribution in [0.3, 0.4) is 0 Å². The SMILES string of the molecule is O=CC1CCCO1.O=P(O)(O)O. The monoisotopic (exact) mass is 198 g/mol. The van der Waals surface area contributed by atoms with E-state index < -0.39 is 7.82 Å². The highest BCUT2D eigenvalue weighted by atomic mass is 31.2. The van der Waals surface area contributed by atoms with Gasteiger partial charge in [-0.25, -0.2) is 4.57 Å². The highest BCUT2D eigenvalue weighted by Crippen LogP contribution is 2.25. The van der Waals surface area contributed by atoms with Gasteiger partial charge in [0.15, 0.2) is 0 Å². The lowest BCUT2D eigenvalue weighted by molar-refractivity contribution is -0.115. The average Bonchev–Trinajstić information content (AvgIpc) is 2.33. The van der Waals surface area contributed by atoms with E-state index in [1.807, 2.05) is 0 Å². The van der Waals surface area contributed by atoms with E-state index in [9.17, 15) is 4.79 Å². The Labute approximate surface area is 69.4 Å². The van der Waals surface area contributed by atoms with Gasteiger partial charge in [0.1, 0.15) is 12.4 Å². The molecule has 0 saturated carbocycles. The van der Waals surface area contributed by atoms with Gasteiger partial charge in [0.25, 0.3) is 0 Å². The quantitative estimate of drug-likeness (QED) is 0.385. The molecular formula is C5H11O6P. The van der Waals surface area contributed by atoms with Gasteiger partial charge in [-0.3, -0.25) is 0 Å². The normalized spacial score (nSPS) is 22.8. The maximum absolute atomic E-state index is 9.88. The molecule has 72 valence electrons. The molecule has 1 fully saturated rings. The van der Waals surface area contributed by atoms with Crippen LogP contribution in [0.1, 0.15) is 12.8 Å². The second-order valence-electron chi connectivity index (χ2n) is 2.20. The summed E-state index contributed by atoms with van der Waals surface area (Å²) in [6.07, 6.45) is 2.75.